The number of aromatic nitrogens is 1. The number of hydrogen-bond donors (Lipinski definition) is 1. The highest BCUT2D eigenvalue weighted by atomic mass is 79.9. The van der Waals surface area contributed by atoms with E-state index in [1.54, 1.807) is 11.8 Å². The third-order valence-corrected chi connectivity index (χ3v) is 4.99. The van der Waals surface area contributed by atoms with Crippen molar-refractivity contribution in [3.05, 3.63) is 28.5 Å². The third kappa shape index (κ3) is 4.06. The molecule has 6 heteroatoms. The van der Waals surface area contributed by atoms with Crippen LogP contribution in [0.3, 0.4) is 0 Å². The molecule has 0 atom stereocenters. The summed E-state index contributed by atoms with van der Waals surface area (Å²) in [6.07, 6.45) is 3.77. The molecule has 1 aliphatic rings. The van der Waals surface area contributed by atoms with Gasteiger partial charge in [0.15, 0.2) is 0 Å². The number of piperidine rings is 1. The van der Waals surface area contributed by atoms with E-state index < -0.39 is 5.41 Å². The van der Waals surface area contributed by atoms with Gasteiger partial charge in [0.1, 0.15) is 4.60 Å². The standard InChI is InChI=1S/C16H22BrN3O2/c1-12(21)20-10-8-16(9-11-20,15(18)22)7-3-5-13-4-2-6-14(17)19-13/h2,4,6H,3,5,7-11H2,1H3,(H2,18,22). The maximum atomic E-state index is 11.9. The number of pyridine rings is 1. The summed E-state index contributed by atoms with van der Waals surface area (Å²) in [5.74, 6) is -0.172. The first kappa shape index (κ1) is 16.9. The SMILES string of the molecule is CC(=O)N1CCC(CCCc2cccc(Br)n2)(C(N)=O)CC1. The van der Waals surface area contributed by atoms with Crippen molar-refractivity contribution in [2.75, 3.05) is 13.1 Å². The van der Waals surface area contributed by atoms with E-state index in [4.69, 9.17) is 5.73 Å². The van der Waals surface area contributed by atoms with Gasteiger partial charge in [-0.1, -0.05) is 6.07 Å². The zero-order valence-electron chi connectivity index (χ0n) is 12.8. The second kappa shape index (κ2) is 7.22. The van der Waals surface area contributed by atoms with Crippen molar-refractivity contribution in [3.63, 3.8) is 0 Å². The van der Waals surface area contributed by atoms with Gasteiger partial charge in [0.2, 0.25) is 11.8 Å². The number of rotatable bonds is 5. The van der Waals surface area contributed by atoms with Gasteiger partial charge in [-0.3, -0.25) is 9.59 Å². The number of primary amides is 1. The van der Waals surface area contributed by atoms with Crippen LogP contribution in [-0.2, 0) is 16.0 Å². The number of carbonyl (C=O) groups excluding carboxylic acids is 2. The number of likely N-dealkylation sites (tertiary alicyclic amines) is 1. The van der Waals surface area contributed by atoms with Gasteiger partial charge in [0.25, 0.3) is 0 Å². The van der Waals surface area contributed by atoms with Gasteiger partial charge >= 0.3 is 0 Å². The molecule has 5 nitrogen and oxygen atoms in total. The highest BCUT2D eigenvalue weighted by molar-refractivity contribution is 9.10. The van der Waals surface area contributed by atoms with E-state index in [2.05, 4.69) is 20.9 Å². The molecule has 1 aromatic heterocycles. The fraction of sp³-hybridized carbons (Fsp3) is 0.562. The van der Waals surface area contributed by atoms with Gasteiger partial charge in [-0.25, -0.2) is 4.98 Å². The predicted octanol–water partition coefficient (Wildman–Crippen LogP) is 2.28. The third-order valence-electron chi connectivity index (χ3n) is 4.55. The second-order valence-electron chi connectivity index (χ2n) is 5.96. The quantitative estimate of drug-likeness (QED) is 0.811. The molecule has 0 aromatic carbocycles. The molecular weight excluding hydrogens is 346 g/mol. The average molecular weight is 368 g/mol. The van der Waals surface area contributed by atoms with Crippen molar-refractivity contribution < 1.29 is 9.59 Å². The molecule has 0 radical (unpaired) electrons. The summed E-state index contributed by atoms with van der Waals surface area (Å²) in [4.78, 5) is 29.5. The van der Waals surface area contributed by atoms with Crippen molar-refractivity contribution >= 4 is 27.7 Å². The van der Waals surface area contributed by atoms with E-state index in [1.807, 2.05) is 18.2 Å². The molecule has 0 spiro atoms. The van der Waals surface area contributed by atoms with Gasteiger partial charge in [-0.15, -0.1) is 0 Å². The molecule has 2 rings (SSSR count). The van der Waals surface area contributed by atoms with E-state index in [-0.39, 0.29) is 11.8 Å². The van der Waals surface area contributed by atoms with Crippen LogP contribution in [0.25, 0.3) is 0 Å². The first-order valence-electron chi connectivity index (χ1n) is 7.60. The number of carbonyl (C=O) groups is 2. The summed E-state index contributed by atoms with van der Waals surface area (Å²) < 4.78 is 0.824. The maximum absolute atomic E-state index is 11.9. The van der Waals surface area contributed by atoms with Gasteiger partial charge in [-0.05, 0) is 60.2 Å². The molecule has 0 aliphatic carbocycles. The topological polar surface area (TPSA) is 76.3 Å². The van der Waals surface area contributed by atoms with Crippen LogP contribution in [0.5, 0.6) is 0 Å². The van der Waals surface area contributed by atoms with Gasteiger partial charge in [0.05, 0.1) is 5.41 Å². The van der Waals surface area contributed by atoms with Crippen molar-refractivity contribution in [2.45, 2.75) is 39.0 Å². The Morgan fingerprint density at radius 1 is 1.36 bits per heavy atom. The van der Waals surface area contributed by atoms with Gasteiger partial charge < -0.3 is 10.6 Å². The van der Waals surface area contributed by atoms with Crippen LogP contribution in [0.2, 0.25) is 0 Å². The molecule has 2 amide bonds. The molecule has 0 bridgehead atoms. The smallest absolute Gasteiger partial charge is 0.223 e. The number of amides is 2. The van der Waals surface area contributed by atoms with Crippen molar-refractivity contribution in [1.82, 2.24) is 9.88 Å². The lowest BCUT2D eigenvalue weighted by molar-refractivity contribution is -0.138. The largest absolute Gasteiger partial charge is 0.369 e. The summed E-state index contributed by atoms with van der Waals surface area (Å²) >= 11 is 3.36. The molecule has 22 heavy (non-hydrogen) atoms. The Labute approximate surface area is 139 Å². The zero-order valence-corrected chi connectivity index (χ0v) is 14.4. The van der Waals surface area contributed by atoms with Crippen LogP contribution in [0, 0.1) is 5.41 Å². The minimum absolute atomic E-state index is 0.0661. The molecule has 1 fully saturated rings. The Balaban J connectivity index is 1.93. The first-order chi connectivity index (χ1) is 10.4. The molecule has 2 heterocycles. The van der Waals surface area contributed by atoms with Crippen LogP contribution in [0.1, 0.15) is 38.3 Å². The van der Waals surface area contributed by atoms with E-state index in [9.17, 15) is 9.59 Å². The first-order valence-corrected chi connectivity index (χ1v) is 8.39. The summed E-state index contributed by atoms with van der Waals surface area (Å²) in [5.41, 5.74) is 6.20. The summed E-state index contributed by atoms with van der Waals surface area (Å²) in [7, 11) is 0. The Kier molecular flexibility index (Phi) is 5.56. The lowest BCUT2D eigenvalue weighted by Crippen LogP contribution is -2.48. The molecule has 0 unspecified atom stereocenters. The molecule has 1 aliphatic heterocycles. The maximum Gasteiger partial charge on any atom is 0.223 e. The Bertz CT molecular complexity index is 554. The van der Waals surface area contributed by atoms with Crippen molar-refractivity contribution in [3.8, 4) is 0 Å². The van der Waals surface area contributed by atoms with Crippen LogP contribution in [0.4, 0.5) is 0 Å². The number of nitrogens with zero attached hydrogens (tertiary/aromatic N) is 2. The lowest BCUT2D eigenvalue weighted by Gasteiger charge is -2.39. The van der Waals surface area contributed by atoms with Crippen LogP contribution < -0.4 is 5.73 Å². The molecular formula is C16H22BrN3O2. The molecule has 120 valence electrons. The number of aryl methyl sites for hydroxylation is 1. The van der Waals surface area contributed by atoms with Crippen molar-refractivity contribution in [2.24, 2.45) is 11.1 Å². The molecule has 1 saturated heterocycles. The van der Waals surface area contributed by atoms with Crippen LogP contribution in [0.15, 0.2) is 22.8 Å². The van der Waals surface area contributed by atoms with Gasteiger partial charge in [-0.2, -0.15) is 0 Å². The highest BCUT2D eigenvalue weighted by Crippen LogP contribution is 2.36. The fourth-order valence-corrected chi connectivity index (χ4v) is 3.45. The normalized spacial score (nSPS) is 17.3. The minimum atomic E-state index is -0.474. The summed E-state index contributed by atoms with van der Waals surface area (Å²) in [6.45, 7) is 2.80. The Hall–Kier alpha value is -1.43. The molecule has 0 saturated carbocycles. The van der Waals surface area contributed by atoms with E-state index in [0.717, 1.165) is 29.6 Å². The lowest BCUT2D eigenvalue weighted by atomic mass is 9.73. The Morgan fingerprint density at radius 2 is 2.05 bits per heavy atom. The van der Waals surface area contributed by atoms with Crippen LogP contribution in [-0.4, -0.2) is 34.8 Å². The van der Waals surface area contributed by atoms with Gasteiger partial charge in [0, 0.05) is 25.7 Å². The van der Waals surface area contributed by atoms with Crippen molar-refractivity contribution in [1.29, 1.82) is 0 Å². The monoisotopic (exact) mass is 367 g/mol. The van der Waals surface area contributed by atoms with E-state index in [1.165, 1.54) is 0 Å². The highest BCUT2D eigenvalue weighted by Gasteiger charge is 2.39. The molecule has 1 aromatic rings. The molecule has 2 N–H and O–H groups in total. The zero-order chi connectivity index (χ0) is 16.2. The average Bonchev–Trinajstić information content (AvgIpc) is 2.47. The minimum Gasteiger partial charge on any atom is -0.369 e. The Morgan fingerprint density at radius 3 is 2.59 bits per heavy atom. The van der Waals surface area contributed by atoms with E-state index in [0.29, 0.717) is 25.9 Å². The number of halogens is 1. The van der Waals surface area contributed by atoms with Crippen LogP contribution >= 0.6 is 15.9 Å². The summed E-state index contributed by atoms with van der Waals surface area (Å²) in [6, 6.07) is 5.84. The number of hydrogen-bond acceptors (Lipinski definition) is 3. The fourth-order valence-electron chi connectivity index (χ4n) is 3.07. The van der Waals surface area contributed by atoms with E-state index >= 15 is 0 Å². The summed E-state index contributed by atoms with van der Waals surface area (Å²) in [5, 5.41) is 0. The number of nitrogens with two attached hydrogens (primary N) is 1. The predicted molar refractivity (Wildman–Crippen MR) is 88.0 cm³/mol. The second-order valence-corrected chi connectivity index (χ2v) is 6.77.